The summed E-state index contributed by atoms with van der Waals surface area (Å²) in [6, 6.07) is 5.96. The molecular weight excluding hydrogens is 224 g/mol. The largest absolute Gasteiger partial charge is 0.490 e. The van der Waals surface area contributed by atoms with E-state index in [4.69, 9.17) is 4.74 Å². The van der Waals surface area contributed by atoms with Gasteiger partial charge in [-0.25, -0.2) is 4.98 Å². The monoisotopic (exact) mass is 232 g/mol. The predicted octanol–water partition coefficient (Wildman–Crippen LogP) is 1.96. The summed E-state index contributed by atoms with van der Waals surface area (Å²) in [5, 5.41) is 11.3. The zero-order valence-electron chi connectivity index (χ0n) is 8.91. The fraction of sp³-hybridized carbons (Fsp3) is 0.0909. The van der Waals surface area contributed by atoms with E-state index >= 15 is 0 Å². The van der Waals surface area contributed by atoms with Crippen LogP contribution in [0, 0.1) is 10.1 Å². The van der Waals surface area contributed by atoms with Gasteiger partial charge in [0.1, 0.15) is 5.69 Å². The Hall–Kier alpha value is -2.50. The lowest BCUT2D eigenvalue weighted by molar-refractivity contribution is -0.383. The van der Waals surface area contributed by atoms with Crippen molar-refractivity contribution in [2.45, 2.75) is 0 Å². The predicted molar refractivity (Wildman–Crippen MR) is 60.3 cm³/mol. The number of aromatic nitrogens is 1. The van der Waals surface area contributed by atoms with Crippen LogP contribution < -0.4 is 4.74 Å². The molecule has 0 N–H and O–H groups in total. The molecule has 0 saturated carbocycles. The number of aldehydes is 1. The first-order valence-corrected chi connectivity index (χ1v) is 4.74. The number of hydrogen-bond donors (Lipinski definition) is 0. The summed E-state index contributed by atoms with van der Waals surface area (Å²) in [7, 11) is 1.36. The molecule has 0 spiro atoms. The van der Waals surface area contributed by atoms with Gasteiger partial charge in [0.05, 0.1) is 22.9 Å². The summed E-state index contributed by atoms with van der Waals surface area (Å²) in [6.45, 7) is 0. The number of nitrogens with zero attached hydrogens (tertiary/aromatic N) is 2. The number of carbonyl (C=O) groups excluding carboxylic acids is 1. The van der Waals surface area contributed by atoms with Crippen LogP contribution >= 0.6 is 0 Å². The molecule has 6 nitrogen and oxygen atoms in total. The van der Waals surface area contributed by atoms with Crippen LogP contribution in [0.25, 0.3) is 10.9 Å². The smallest absolute Gasteiger partial charge is 0.320 e. The average Bonchev–Trinajstić information content (AvgIpc) is 2.36. The Morgan fingerprint density at radius 3 is 2.71 bits per heavy atom. The van der Waals surface area contributed by atoms with E-state index in [1.807, 2.05) is 0 Å². The molecule has 0 aliphatic carbocycles. The molecule has 0 unspecified atom stereocenters. The van der Waals surface area contributed by atoms with E-state index in [0.29, 0.717) is 17.2 Å². The molecule has 0 amide bonds. The number of nitro groups is 1. The van der Waals surface area contributed by atoms with Crippen LogP contribution in [-0.2, 0) is 0 Å². The number of pyridine rings is 1. The third kappa shape index (κ3) is 1.80. The van der Waals surface area contributed by atoms with Gasteiger partial charge in [0.15, 0.2) is 12.0 Å². The van der Waals surface area contributed by atoms with Gasteiger partial charge in [-0.15, -0.1) is 0 Å². The molecule has 0 aliphatic heterocycles. The number of benzene rings is 1. The van der Waals surface area contributed by atoms with Crippen molar-refractivity contribution in [3.05, 3.63) is 40.1 Å². The molecule has 1 heterocycles. The number of hydrogen-bond acceptors (Lipinski definition) is 5. The van der Waals surface area contributed by atoms with Gasteiger partial charge in [0.25, 0.3) is 0 Å². The minimum absolute atomic E-state index is 0.144. The van der Waals surface area contributed by atoms with Gasteiger partial charge >= 0.3 is 5.69 Å². The number of methoxy groups -OCH3 is 1. The molecule has 86 valence electrons. The summed E-state index contributed by atoms with van der Waals surface area (Å²) in [5.74, 6) is 0.170. The first-order valence-electron chi connectivity index (χ1n) is 4.74. The Bertz CT molecular complexity index is 610. The van der Waals surface area contributed by atoms with Crippen molar-refractivity contribution in [1.29, 1.82) is 0 Å². The molecule has 0 bridgehead atoms. The lowest BCUT2D eigenvalue weighted by atomic mass is 10.1. The molecular formula is C11H8N2O4. The second-order valence-corrected chi connectivity index (χ2v) is 3.29. The second kappa shape index (κ2) is 4.17. The van der Waals surface area contributed by atoms with Crippen molar-refractivity contribution >= 4 is 22.9 Å². The van der Waals surface area contributed by atoms with Crippen molar-refractivity contribution in [2.75, 3.05) is 7.11 Å². The standard InChI is InChI=1S/C11H8N2O4/c1-17-10-5-4-9-8(11(10)13(15)16)3-2-7(6-14)12-9/h2-6H,1H3. The van der Waals surface area contributed by atoms with E-state index in [2.05, 4.69) is 4.98 Å². The van der Waals surface area contributed by atoms with Gasteiger partial charge in [0.2, 0.25) is 0 Å². The number of rotatable bonds is 3. The summed E-state index contributed by atoms with van der Waals surface area (Å²) in [5.41, 5.74) is 0.481. The van der Waals surface area contributed by atoms with Gasteiger partial charge in [-0.05, 0) is 24.3 Å². The fourth-order valence-electron chi connectivity index (χ4n) is 1.60. The minimum atomic E-state index is -0.524. The molecule has 0 fully saturated rings. The third-order valence-electron chi connectivity index (χ3n) is 2.35. The summed E-state index contributed by atoms with van der Waals surface area (Å²) in [6.07, 6.45) is 0.593. The molecule has 0 radical (unpaired) electrons. The quantitative estimate of drug-likeness (QED) is 0.459. The first kappa shape index (κ1) is 11.0. The third-order valence-corrected chi connectivity index (χ3v) is 2.35. The SMILES string of the molecule is COc1ccc2nc(C=O)ccc2c1[N+](=O)[O-]. The highest BCUT2D eigenvalue weighted by atomic mass is 16.6. The highest BCUT2D eigenvalue weighted by Gasteiger charge is 2.19. The van der Waals surface area contributed by atoms with Crippen LogP contribution in [0.15, 0.2) is 24.3 Å². The van der Waals surface area contributed by atoms with Gasteiger partial charge in [-0.2, -0.15) is 0 Å². The molecule has 0 saturated heterocycles. The van der Waals surface area contributed by atoms with Crippen molar-refractivity contribution in [1.82, 2.24) is 4.98 Å². The Kier molecular flexibility index (Phi) is 2.70. The Labute approximate surface area is 96.0 Å². The summed E-state index contributed by atoms with van der Waals surface area (Å²) >= 11 is 0. The molecule has 0 aliphatic rings. The van der Waals surface area contributed by atoms with E-state index in [-0.39, 0.29) is 17.1 Å². The van der Waals surface area contributed by atoms with Gasteiger partial charge < -0.3 is 4.74 Å². The molecule has 1 aromatic carbocycles. The molecule has 2 aromatic rings. The van der Waals surface area contributed by atoms with Crippen LogP contribution in [-0.4, -0.2) is 23.3 Å². The van der Waals surface area contributed by atoms with E-state index < -0.39 is 4.92 Å². The zero-order valence-corrected chi connectivity index (χ0v) is 8.91. The van der Waals surface area contributed by atoms with E-state index in [0.717, 1.165) is 0 Å². The maximum atomic E-state index is 11.0. The zero-order chi connectivity index (χ0) is 12.4. The summed E-state index contributed by atoms with van der Waals surface area (Å²) in [4.78, 5) is 25.0. The van der Waals surface area contributed by atoms with Crippen LogP contribution in [0.3, 0.4) is 0 Å². The lowest BCUT2D eigenvalue weighted by Crippen LogP contribution is -1.96. The number of carbonyl (C=O) groups is 1. The normalized spacial score (nSPS) is 10.2. The number of nitro benzene ring substituents is 1. The Balaban J connectivity index is 2.81. The maximum absolute atomic E-state index is 11.0. The molecule has 1 aromatic heterocycles. The Morgan fingerprint density at radius 1 is 1.35 bits per heavy atom. The maximum Gasteiger partial charge on any atom is 0.320 e. The van der Waals surface area contributed by atoms with Crippen molar-refractivity contribution in [2.24, 2.45) is 0 Å². The Morgan fingerprint density at radius 2 is 2.12 bits per heavy atom. The minimum Gasteiger partial charge on any atom is -0.490 e. The number of fused-ring (bicyclic) bond motifs is 1. The van der Waals surface area contributed by atoms with Gasteiger partial charge in [-0.1, -0.05) is 0 Å². The highest BCUT2D eigenvalue weighted by molar-refractivity contribution is 5.92. The van der Waals surface area contributed by atoms with Crippen LogP contribution in [0.5, 0.6) is 5.75 Å². The fourth-order valence-corrected chi connectivity index (χ4v) is 1.60. The first-order chi connectivity index (χ1) is 8.17. The average molecular weight is 232 g/mol. The van der Waals surface area contributed by atoms with E-state index in [1.54, 1.807) is 6.07 Å². The topological polar surface area (TPSA) is 82.3 Å². The van der Waals surface area contributed by atoms with E-state index in [1.165, 1.54) is 25.3 Å². The van der Waals surface area contributed by atoms with Crippen LogP contribution in [0.4, 0.5) is 5.69 Å². The van der Waals surface area contributed by atoms with Crippen molar-refractivity contribution in [3.63, 3.8) is 0 Å². The summed E-state index contributed by atoms with van der Waals surface area (Å²) < 4.78 is 4.93. The van der Waals surface area contributed by atoms with Crippen molar-refractivity contribution < 1.29 is 14.5 Å². The molecule has 0 atom stereocenters. The van der Waals surface area contributed by atoms with E-state index in [9.17, 15) is 14.9 Å². The molecule has 2 rings (SSSR count). The van der Waals surface area contributed by atoms with Crippen LogP contribution in [0.1, 0.15) is 10.5 Å². The van der Waals surface area contributed by atoms with Crippen LogP contribution in [0.2, 0.25) is 0 Å². The number of ether oxygens (including phenoxy) is 1. The van der Waals surface area contributed by atoms with Gasteiger partial charge in [-0.3, -0.25) is 14.9 Å². The van der Waals surface area contributed by atoms with Gasteiger partial charge in [0, 0.05) is 0 Å². The van der Waals surface area contributed by atoms with Crippen molar-refractivity contribution in [3.8, 4) is 5.75 Å². The molecule has 6 heteroatoms. The molecule has 17 heavy (non-hydrogen) atoms. The highest BCUT2D eigenvalue weighted by Crippen LogP contribution is 2.34. The second-order valence-electron chi connectivity index (χ2n) is 3.29. The lowest BCUT2D eigenvalue weighted by Gasteiger charge is -2.04.